The van der Waals surface area contributed by atoms with Gasteiger partial charge in [0.1, 0.15) is 0 Å². The van der Waals surface area contributed by atoms with Crippen LogP contribution in [0.2, 0.25) is 0 Å². The Morgan fingerprint density at radius 1 is 1.26 bits per heavy atom. The lowest BCUT2D eigenvalue weighted by molar-refractivity contribution is -0.115. The number of hydrogen-bond acceptors (Lipinski definition) is 2. The van der Waals surface area contributed by atoms with E-state index in [-0.39, 0.29) is 12.3 Å². The van der Waals surface area contributed by atoms with Crippen LogP contribution in [-0.4, -0.2) is 5.91 Å². The molecule has 3 N–H and O–H groups in total. The van der Waals surface area contributed by atoms with Crippen LogP contribution < -0.4 is 11.1 Å². The van der Waals surface area contributed by atoms with Crippen LogP contribution in [-0.2, 0) is 11.2 Å². The summed E-state index contributed by atoms with van der Waals surface area (Å²) in [4.78, 5) is 12.0. The van der Waals surface area contributed by atoms with Gasteiger partial charge < -0.3 is 11.1 Å². The summed E-state index contributed by atoms with van der Waals surface area (Å²) in [6, 6.07) is 13.2. The van der Waals surface area contributed by atoms with Crippen molar-refractivity contribution in [1.29, 1.82) is 0 Å². The molecule has 0 aliphatic heterocycles. The molecule has 0 spiro atoms. The lowest BCUT2D eigenvalue weighted by Gasteiger charge is -2.08. The summed E-state index contributed by atoms with van der Waals surface area (Å²) in [6.45, 7) is 1.98. The van der Waals surface area contributed by atoms with Crippen LogP contribution in [0.5, 0.6) is 0 Å². The molecular formula is C15H15BrN2O. The SMILES string of the molecule is Cc1cc(Br)cc(NC(=O)Cc2ccccc2N)c1. The predicted molar refractivity (Wildman–Crippen MR) is 82.1 cm³/mol. The standard InChI is InChI=1S/C15H15BrN2O/c1-10-6-12(16)9-13(7-10)18-15(19)8-11-4-2-3-5-14(11)17/h2-7,9H,8,17H2,1H3,(H,18,19). The van der Waals surface area contributed by atoms with Crippen LogP contribution in [0.1, 0.15) is 11.1 Å². The molecule has 2 rings (SSSR count). The summed E-state index contributed by atoms with van der Waals surface area (Å²) < 4.78 is 0.946. The maximum atomic E-state index is 12.0. The molecule has 0 aromatic heterocycles. The van der Waals surface area contributed by atoms with E-state index in [4.69, 9.17) is 5.73 Å². The molecule has 0 saturated carbocycles. The largest absolute Gasteiger partial charge is 0.398 e. The first-order valence-corrected chi connectivity index (χ1v) is 6.74. The van der Waals surface area contributed by atoms with Gasteiger partial charge in [-0.15, -0.1) is 0 Å². The van der Waals surface area contributed by atoms with E-state index in [1.54, 1.807) is 6.07 Å². The topological polar surface area (TPSA) is 55.1 Å². The second kappa shape index (κ2) is 5.89. The molecule has 0 unspecified atom stereocenters. The second-order valence-electron chi connectivity index (χ2n) is 4.44. The number of hydrogen-bond donors (Lipinski definition) is 2. The van der Waals surface area contributed by atoms with Crippen molar-refractivity contribution < 1.29 is 4.79 Å². The van der Waals surface area contributed by atoms with Crippen LogP contribution >= 0.6 is 15.9 Å². The molecule has 0 heterocycles. The fourth-order valence-corrected chi connectivity index (χ4v) is 2.49. The molecule has 19 heavy (non-hydrogen) atoms. The first kappa shape index (κ1) is 13.6. The summed E-state index contributed by atoms with van der Waals surface area (Å²) >= 11 is 3.41. The van der Waals surface area contributed by atoms with E-state index in [1.807, 2.05) is 43.3 Å². The average molecular weight is 319 g/mol. The monoisotopic (exact) mass is 318 g/mol. The van der Waals surface area contributed by atoms with Gasteiger partial charge in [0.15, 0.2) is 0 Å². The highest BCUT2D eigenvalue weighted by atomic mass is 79.9. The molecule has 0 fully saturated rings. The Bertz CT molecular complexity index is 591. The Morgan fingerprint density at radius 2 is 2.00 bits per heavy atom. The van der Waals surface area contributed by atoms with E-state index in [0.717, 1.165) is 21.3 Å². The third kappa shape index (κ3) is 3.83. The summed E-state index contributed by atoms with van der Waals surface area (Å²) in [5.74, 6) is -0.0737. The van der Waals surface area contributed by atoms with Gasteiger partial charge in [-0.25, -0.2) is 0 Å². The quantitative estimate of drug-likeness (QED) is 0.851. The Labute approximate surface area is 121 Å². The van der Waals surface area contributed by atoms with E-state index in [0.29, 0.717) is 5.69 Å². The summed E-state index contributed by atoms with van der Waals surface area (Å²) in [5.41, 5.74) is 9.17. The number of halogens is 1. The van der Waals surface area contributed by atoms with Crippen molar-refractivity contribution in [3.8, 4) is 0 Å². The molecule has 98 valence electrons. The number of rotatable bonds is 3. The molecule has 0 aliphatic rings. The van der Waals surface area contributed by atoms with Crippen molar-refractivity contribution in [3.63, 3.8) is 0 Å². The Balaban J connectivity index is 2.07. The van der Waals surface area contributed by atoms with Crippen molar-refractivity contribution in [1.82, 2.24) is 0 Å². The Morgan fingerprint density at radius 3 is 2.68 bits per heavy atom. The number of nitrogen functional groups attached to an aromatic ring is 1. The van der Waals surface area contributed by atoms with Crippen LogP contribution in [0.25, 0.3) is 0 Å². The van der Waals surface area contributed by atoms with Gasteiger partial charge in [0, 0.05) is 15.8 Å². The van der Waals surface area contributed by atoms with Crippen molar-refractivity contribution in [2.45, 2.75) is 13.3 Å². The number of nitrogens with one attached hydrogen (secondary N) is 1. The Kier molecular flexibility index (Phi) is 4.22. The molecule has 2 aromatic carbocycles. The lowest BCUT2D eigenvalue weighted by Crippen LogP contribution is -2.15. The van der Waals surface area contributed by atoms with Crippen LogP contribution in [0.15, 0.2) is 46.9 Å². The van der Waals surface area contributed by atoms with Crippen molar-refractivity contribution >= 4 is 33.2 Å². The minimum atomic E-state index is -0.0737. The highest BCUT2D eigenvalue weighted by Gasteiger charge is 2.07. The highest BCUT2D eigenvalue weighted by molar-refractivity contribution is 9.10. The van der Waals surface area contributed by atoms with Gasteiger partial charge in [-0.05, 0) is 42.3 Å². The molecule has 0 atom stereocenters. The first-order valence-electron chi connectivity index (χ1n) is 5.95. The predicted octanol–water partition coefficient (Wildman–Crippen LogP) is 3.52. The lowest BCUT2D eigenvalue weighted by atomic mass is 10.1. The van der Waals surface area contributed by atoms with Gasteiger partial charge in [0.2, 0.25) is 5.91 Å². The number of benzene rings is 2. The molecular weight excluding hydrogens is 304 g/mol. The molecule has 0 aliphatic carbocycles. The number of aryl methyl sites for hydroxylation is 1. The molecule has 0 bridgehead atoms. The van der Waals surface area contributed by atoms with Crippen molar-refractivity contribution in [2.24, 2.45) is 0 Å². The second-order valence-corrected chi connectivity index (χ2v) is 5.36. The number of carbonyl (C=O) groups excluding carboxylic acids is 1. The van der Waals surface area contributed by atoms with E-state index in [2.05, 4.69) is 21.2 Å². The molecule has 2 aromatic rings. The smallest absolute Gasteiger partial charge is 0.228 e. The Hall–Kier alpha value is -1.81. The van der Waals surface area contributed by atoms with Gasteiger partial charge in [0.05, 0.1) is 6.42 Å². The summed E-state index contributed by atoms with van der Waals surface area (Å²) in [7, 11) is 0. The maximum absolute atomic E-state index is 12.0. The zero-order chi connectivity index (χ0) is 13.8. The van der Waals surface area contributed by atoms with Crippen molar-refractivity contribution in [3.05, 3.63) is 58.1 Å². The van der Waals surface area contributed by atoms with Gasteiger partial charge in [-0.1, -0.05) is 34.1 Å². The molecule has 0 radical (unpaired) electrons. The van der Waals surface area contributed by atoms with Crippen LogP contribution in [0, 0.1) is 6.92 Å². The zero-order valence-corrected chi connectivity index (χ0v) is 12.2. The number of amides is 1. The fourth-order valence-electron chi connectivity index (χ4n) is 1.88. The summed E-state index contributed by atoms with van der Waals surface area (Å²) in [5, 5.41) is 2.87. The minimum absolute atomic E-state index is 0.0737. The van der Waals surface area contributed by atoms with Crippen LogP contribution in [0.3, 0.4) is 0 Å². The van der Waals surface area contributed by atoms with Crippen molar-refractivity contribution in [2.75, 3.05) is 11.1 Å². The van der Waals surface area contributed by atoms with E-state index < -0.39 is 0 Å². The van der Waals surface area contributed by atoms with E-state index in [9.17, 15) is 4.79 Å². The molecule has 0 saturated heterocycles. The third-order valence-electron chi connectivity index (χ3n) is 2.73. The number of anilines is 2. The van der Waals surface area contributed by atoms with Gasteiger partial charge in [-0.2, -0.15) is 0 Å². The van der Waals surface area contributed by atoms with Gasteiger partial charge in [0.25, 0.3) is 0 Å². The summed E-state index contributed by atoms with van der Waals surface area (Å²) in [6.07, 6.45) is 0.276. The molecule has 1 amide bonds. The number of carbonyl (C=O) groups is 1. The van der Waals surface area contributed by atoms with Gasteiger partial charge in [-0.3, -0.25) is 4.79 Å². The minimum Gasteiger partial charge on any atom is -0.398 e. The third-order valence-corrected chi connectivity index (χ3v) is 3.19. The number of nitrogens with two attached hydrogens (primary N) is 1. The van der Waals surface area contributed by atoms with Gasteiger partial charge >= 0.3 is 0 Å². The highest BCUT2D eigenvalue weighted by Crippen LogP contribution is 2.19. The molecule has 4 heteroatoms. The normalized spacial score (nSPS) is 10.2. The fraction of sp³-hybridized carbons (Fsp3) is 0.133. The van der Waals surface area contributed by atoms with E-state index in [1.165, 1.54) is 0 Å². The molecule has 3 nitrogen and oxygen atoms in total. The maximum Gasteiger partial charge on any atom is 0.228 e. The average Bonchev–Trinajstić information content (AvgIpc) is 2.30. The zero-order valence-electron chi connectivity index (χ0n) is 10.6. The van der Waals surface area contributed by atoms with E-state index >= 15 is 0 Å². The van der Waals surface area contributed by atoms with Crippen LogP contribution in [0.4, 0.5) is 11.4 Å². The number of para-hydroxylation sites is 1. The first-order chi connectivity index (χ1) is 9.04.